The zero-order chi connectivity index (χ0) is 16.2. The van der Waals surface area contributed by atoms with Crippen LogP contribution in [-0.2, 0) is 13.0 Å². The molecule has 0 bridgehead atoms. The maximum atomic E-state index is 12.6. The van der Waals surface area contributed by atoms with E-state index in [0.29, 0.717) is 31.0 Å². The maximum Gasteiger partial charge on any atom is 0.254 e. The van der Waals surface area contributed by atoms with Gasteiger partial charge < -0.3 is 9.64 Å². The molecule has 2 heterocycles. The first kappa shape index (κ1) is 15.0. The fraction of sp³-hybridized carbons (Fsp3) is 0.278. The molecule has 1 aromatic heterocycles. The first-order valence-electron chi connectivity index (χ1n) is 7.62. The Hall–Kier alpha value is -2.87. The Morgan fingerprint density at radius 3 is 3.00 bits per heavy atom. The number of hydrogen-bond acceptors (Lipinski definition) is 4. The Balaban J connectivity index is 1.82. The minimum absolute atomic E-state index is 0.0240. The first-order chi connectivity index (χ1) is 11.2. The van der Waals surface area contributed by atoms with Gasteiger partial charge in [0.1, 0.15) is 17.4 Å². The lowest BCUT2D eigenvalue weighted by atomic mass is 9.99. The van der Waals surface area contributed by atoms with Gasteiger partial charge in [0, 0.05) is 24.4 Å². The van der Waals surface area contributed by atoms with Gasteiger partial charge in [-0.3, -0.25) is 9.78 Å². The quantitative estimate of drug-likeness (QED) is 0.870. The lowest BCUT2D eigenvalue weighted by molar-refractivity contribution is 0.0724. The summed E-state index contributed by atoms with van der Waals surface area (Å²) in [5.74, 6) is 0.542. The monoisotopic (exact) mass is 307 g/mol. The topological polar surface area (TPSA) is 66.2 Å². The van der Waals surface area contributed by atoms with Crippen LogP contribution in [0.1, 0.15) is 34.1 Å². The van der Waals surface area contributed by atoms with Crippen LogP contribution in [0.2, 0.25) is 0 Å². The fourth-order valence-corrected chi connectivity index (χ4v) is 2.74. The third-order valence-electron chi connectivity index (χ3n) is 3.88. The zero-order valence-corrected chi connectivity index (χ0v) is 13.0. The number of carbonyl (C=O) groups is 1. The van der Waals surface area contributed by atoms with Gasteiger partial charge in [0.2, 0.25) is 0 Å². The molecule has 2 aromatic rings. The molecule has 1 aromatic carbocycles. The van der Waals surface area contributed by atoms with Crippen molar-refractivity contribution in [3.05, 3.63) is 58.9 Å². The number of ether oxygens (including phenoxy) is 1. The SMILES string of the molecule is CCOc1cc(CN2CCc3ccccc3C2=O)ncc1C#N. The second kappa shape index (κ2) is 6.49. The first-order valence-corrected chi connectivity index (χ1v) is 7.62. The molecule has 0 N–H and O–H groups in total. The van der Waals surface area contributed by atoms with Crippen molar-refractivity contribution in [2.75, 3.05) is 13.2 Å². The van der Waals surface area contributed by atoms with Gasteiger partial charge in [-0.05, 0) is 25.0 Å². The molecular formula is C18H17N3O2. The van der Waals surface area contributed by atoms with E-state index in [-0.39, 0.29) is 5.91 Å². The predicted octanol–water partition coefficient (Wildman–Crippen LogP) is 2.55. The van der Waals surface area contributed by atoms with Crippen molar-refractivity contribution in [1.29, 1.82) is 5.26 Å². The highest BCUT2D eigenvalue weighted by atomic mass is 16.5. The Labute approximate surface area is 135 Å². The minimum Gasteiger partial charge on any atom is -0.492 e. The number of pyridine rings is 1. The summed E-state index contributed by atoms with van der Waals surface area (Å²) in [6, 6.07) is 11.5. The predicted molar refractivity (Wildman–Crippen MR) is 85.0 cm³/mol. The van der Waals surface area contributed by atoms with E-state index in [9.17, 15) is 4.79 Å². The van der Waals surface area contributed by atoms with Crippen LogP contribution in [0.15, 0.2) is 36.5 Å². The van der Waals surface area contributed by atoms with Crippen LogP contribution in [0, 0.1) is 11.3 Å². The van der Waals surface area contributed by atoms with Crippen molar-refractivity contribution in [2.45, 2.75) is 19.9 Å². The van der Waals surface area contributed by atoms with E-state index >= 15 is 0 Å². The highest BCUT2D eigenvalue weighted by Crippen LogP contribution is 2.22. The summed E-state index contributed by atoms with van der Waals surface area (Å²) in [7, 11) is 0. The second-order valence-electron chi connectivity index (χ2n) is 5.35. The highest BCUT2D eigenvalue weighted by molar-refractivity contribution is 5.96. The second-order valence-corrected chi connectivity index (χ2v) is 5.35. The molecule has 0 unspecified atom stereocenters. The maximum absolute atomic E-state index is 12.6. The van der Waals surface area contributed by atoms with Gasteiger partial charge in [0.05, 0.1) is 18.8 Å². The lowest BCUT2D eigenvalue weighted by Gasteiger charge is -2.28. The Morgan fingerprint density at radius 2 is 2.22 bits per heavy atom. The van der Waals surface area contributed by atoms with Crippen LogP contribution in [0.4, 0.5) is 0 Å². The minimum atomic E-state index is 0.0240. The summed E-state index contributed by atoms with van der Waals surface area (Å²) >= 11 is 0. The summed E-state index contributed by atoms with van der Waals surface area (Å²) in [4.78, 5) is 18.6. The molecule has 5 heteroatoms. The van der Waals surface area contributed by atoms with E-state index in [0.717, 1.165) is 23.2 Å². The van der Waals surface area contributed by atoms with Gasteiger partial charge in [-0.25, -0.2) is 0 Å². The number of amides is 1. The van der Waals surface area contributed by atoms with Gasteiger partial charge in [-0.15, -0.1) is 0 Å². The number of nitriles is 1. The summed E-state index contributed by atoms with van der Waals surface area (Å²) in [6.07, 6.45) is 2.35. The molecule has 0 aliphatic carbocycles. The number of rotatable bonds is 4. The van der Waals surface area contributed by atoms with Crippen molar-refractivity contribution in [2.24, 2.45) is 0 Å². The van der Waals surface area contributed by atoms with E-state index < -0.39 is 0 Å². The average Bonchev–Trinajstić information content (AvgIpc) is 2.58. The molecule has 5 nitrogen and oxygen atoms in total. The van der Waals surface area contributed by atoms with Crippen molar-refractivity contribution in [1.82, 2.24) is 9.88 Å². The molecule has 1 aliphatic heterocycles. The summed E-state index contributed by atoms with van der Waals surface area (Å²) in [5.41, 5.74) is 2.99. The Morgan fingerprint density at radius 1 is 1.39 bits per heavy atom. The van der Waals surface area contributed by atoms with E-state index in [1.807, 2.05) is 31.2 Å². The molecule has 0 saturated carbocycles. The van der Waals surface area contributed by atoms with Crippen LogP contribution in [-0.4, -0.2) is 28.9 Å². The lowest BCUT2D eigenvalue weighted by Crippen LogP contribution is -2.37. The van der Waals surface area contributed by atoms with Crippen molar-refractivity contribution in [3.63, 3.8) is 0 Å². The molecule has 23 heavy (non-hydrogen) atoms. The van der Waals surface area contributed by atoms with Gasteiger partial charge >= 0.3 is 0 Å². The van der Waals surface area contributed by atoms with E-state index in [2.05, 4.69) is 11.1 Å². The zero-order valence-electron chi connectivity index (χ0n) is 13.0. The van der Waals surface area contributed by atoms with E-state index in [4.69, 9.17) is 10.00 Å². The number of aromatic nitrogens is 1. The van der Waals surface area contributed by atoms with Gasteiger partial charge in [-0.2, -0.15) is 5.26 Å². The normalized spacial score (nSPS) is 13.4. The van der Waals surface area contributed by atoms with E-state index in [1.165, 1.54) is 6.20 Å². The Kier molecular flexibility index (Phi) is 4.24. The van der Waals surface area contributed by atoms with Crippen molar-refractivity contribution in [3.8, 4) is 11.8 Å². The Bertz CT molecular complexity index is 780. The van der Waals surface area contributed by atoms with Gasteiger partial charge in [0.25, 0.3) is 5.91 Å². The molecule has 1 amide bonds. The summed E-state index contributed by atoms with van der Waals surface area (Å²) in [5, 5.41) is 9.07. The van der Waals surface area contributed by atoms with Crippen LogP contribution >= 0.6 is 0 Å². The summed E-state index contributed by atoms with van der Waals surface area (Å²) < 4.78 is 5.47. The van der Waals surface area contributed by atoms with Crippen LogP contribution in [0.5, 0.6) is 5.75 Å². The molecule has 3 rings (SSSR count). The molecule has 0 radical (unpaired) electrons. The van der Waals surface area contributed by atoms with Crippen LogP contribution in [0.3, 0.4) is 0 Å². The molecule has 1 aliphatic rings. The number of nitrogens with zero attached hydrogens (tertiary/aromatic N) is 3. The number of fused-ring (bicyclic) bond motifs is 1. The third kappa shape index (κ3) is 3.02. The number of carbonyl (C=O) groups excluding carboxylic acids is 1. The van der Waals surface area contributed by atoms with Crippen molar-refractivity contribution < 1.29 is 9.53 Å². The molecule has 0 atom stereocenters. The molecular weight excluding hydrogens is 290 g/mol. The van der Waals surface area contributed by atoms with Crippen LogP contribution < -0.4 is 4.74 Å². The number of hydrogen-bond donors (Lipinski definition) is 0. The number of benzene rings is 1. The fourth-order valence-electron chi connectivity index (χ4n) is 2.74. The largest absolute Gasteiger partial charge is 0.492 e. The van der Waals surface area contributed by atoms with Gasteiger partial charge in [0.15, 0.2) is 0 Å². The third-order valence-corrected chi connectivity index (χ3v) is 3.88. The summed E-state index contributed by atoms with van der Waals surface area (Å²) in [6.45, 7) is 3.43. The van der Waals surface area contributed by atoms with Gasteiger partial charge in [-0.1, -0.05) is 18.2 Å². The smallest absolute Gasteiger partial charge is 0.254 e. The molecule has 0 saturated heterocycles. The highest BCUT2D eigenvalue weighted by Gasteiger charge is 2.24. The van der Waals surface area contributed by atoms with Crippen molar-refractivity contribution >= 4 is 5.91 Å². The molecule has 0 spiro atoms. The van der Waals surface area contributed by atoms with Crippen LogP contribution in [0.25, 0.3) is 0 Å². The standard InChI is InChI=1S/C18H17N3O2/c1-2-23-17-9-15(20-11-14(17)10-19)12-21-8-7-13-5-3-4-6-16(13)18(21)22/h3-6,9,11H,2,7-8,12H2,1H3. The molecule has 116 valence electrons. The van der Waals surface area contributed by atoms with E-state index in [1.54, 1.807) is 11.0 Å². The average molecular weight is 307 g/mol. The molecule has 0 fully saturated rings.